The van der Waals surface area contributed by atoms with Crippen molar-refractivity contribution in [1.82, 2.24) is 0 Å². The van der Waals surface area contributed by atoms with Crippen LogP contribution < -0.4 is 5.32 Å². The van der Waals surface area contributed by atoms with Crippen LogP contribution in [0.5, 0.6) is 0 Å². The fraction of sp³-hybridized carbons (Fsp3) is 0.538. The van der Waals surface area contributed by atoms with Gasteiger partial charge in [-0.15, -0.1) is 0 Å². The lowest BCUT2D eigenvalue weighted by atomic mass is 10.2. The molecule has 0 bridgehead atoms. The van der Waals surface area contributed by atoms with Crippen molar-refractivity contribution in [3.8, 4) is 0 Å². The molecule has 84 valence electrons. The van der Waals surface area contributed by atoms with Crippen molar-refractivity contribution in [3.63, 3.8) is 0 Å². The lowest BCUT2D eigenvalue weighted by molar-refractivity contribution is 0.802. The lowest BCUT2D eigenvalue weighted by Crippen LogP contribution is -2.12. The molecule has 0 unspecified atom stereocenters. The molecule has 1 aromatic rings. The second kappa shape index (κ2) is 5.45. The standard InChI is InChI=1S/C13H21NS/c1-11-6-5-7-12(10-11)14-8-9-15-13(2,3)4/h5-7,10,14H,8-9H2,1-4H3. The van der Waals surface area contributed by atoms with Crippen molar-refractivity contribution in [3.05, 3.63) is 29.8 Å². The fourth-order valence-corrected chi connectivity index (χ4v) is 2.12. The first-order valence-corrected chi connectivity index (χ1v) is 6.40. The number of anilines is 1. The van der Waals surface area contributed by atoms with Crippen molar-refractivity contribution in [1.29, 1.82) is 0 Å². The van der Waals surface area contributed by atoms with E-state index in [-0.39, 0.29) is 0 Å². The Labute approximate surface area is 97.7 Å². The van der Waals surface area contributed by atoms with Gasteiger partial charge >= 0.3 is 0 Å². The summed E-state index contributed by atoms with van der Waals surface area (Å²) in [5.74, 6) is 1.15. The first-order chi connectivity index (χ1) is 6.97. The number of hydrogen-bond acceptors (Lipinski definition) is 2. The summed E-state index contributed by atoms with van der Waals surface area (Å²) in [6.07, 6.45) is 0. The van der Waals surface area contributed by atoms with E-state index in [2.05, 4.69) is 57.3 Å². The van der Waals surface area contributed by atoms with Crippen LogP contribution in [-0.2, 0) is 0 Å². The maximum Gasteiger partial charge on any atom is 0.0343 e. The minimum absolute atomic E-state index is 0.369. The maximum absolute atomic E-state index is 3.44. The van der Waals surface area contributed by atoms with Crippen LogP contribution >= 0.6 is 11.8 Å². The Bertz CT molecular complexity index is 302. The first kappa shape index (κ1) is 12.4. The molecule has 1 aromatic carbocycles. The van der Waals surface area contributed by atoms with Gasteiger partial charge < -0.3 is 5.32 Å². The Morgan fingerprint density at radius 3 is 2.60 bits per heavy atom. The zero-order chi connectivity index (χ0) is 11.3. The number of benzene rings is 1. The first-order valence-electron chi connectivity index (χ1n) is 5.42. The van der Waals surface area contributed by atoms with Crippen LogP contribution in [-0.4, -0.2) is 17.0 Å². The minimum atomic E-state index is 0.369. The maximum atomic E-state index is 3.44. The van der Waals surface area contributed by atoms with Crippen LogP contribution in [0.15, 0.2) is 24.3 Å². The zero-order valence-corrected chi connectivity index (χ0v) is 10.9. The quantitative estimate of drug-likeness (QED) is 0.776. The van der Waals surface area contributed by atoms with Crippen LogP contribution in [0, 0.1) is 6.92 Å². The Kier molecular flexibility index (Phi) is 4.52. The van der Waals surface area contributed by atoms with E-state index in [0.29, 0.717) is 4.75 Å². The molecule has 0 saturated heterocycles. The summed E-state index contributed by atoms with van der Waals surface area (Å²) >= 11 is 1.99. The molecule has 0 heterocycles. The molecule has 0 radical (unpaired) electrons. The van der Waals surface area contributed by atoms with Gasteiger partial charge in [-0.3, -0.25) is 0 Å². The second-order valence-corrected chi connectivity index (χ2v) is 6.68. The predicted molar refractivity (Wildman–Crippen MR) is 71.9 cm³/mol. The Morgan fingerprint density at radius 2 is 2.00 bits per heavy atom. The van der Waals surface area contributed by atoms with E-state index in [1.807, 2.05) is 11.8 Å². The summed E-state index contributed by atoms with van der Waals surface area (Å²) in [6, 6.07) is 8.51. The highest BCUT2D eigenvalue weighted by molar-refractivity contribution is 8.00. The van der Waals surface area contributed by atoms with Crippen LogP contribution in [0.3, 0.4) is 0 Å². The molecule has 0 fully saturated rings. The largest absolute Gasteiger partial charge is 0.384 e. The summed E-state index contributed by atoms with van der Waals surface area (Å²) < 4.78 is 0.369. The fourth-order valence-electron chi connectivity index (χ4n) is 1.31. The van der Waals surface area contributed by atoms with Crippen LogP contribution in [0.25, 0.3) is 0 Å². The van der Waals surface area contributed by atoms with Gasteiger partial charge in [-0.25, -0.2) is 0 Å². The van der Waals surface area contributed by atoms with E-state index in [9.17, 15) is 0 Å². The molecule has 1 rings (SSSR count). The lowest BCUT2D eigenvalue weighted by Gasteiger charge is -2.17. The van der Waals surface area contributed by atoms with Gasteiger partial charge in [0.15, 0.2) is 0 Å². The highest BCUT2D eigenvalue weighted by atomic mass is 32.2. The van der Waals surface area contributed by atoms with Gasteiger partial charge in [-0.2, -0.15) is 11.8 Å². The van der Waals surface area contributed by atoms with Crippen molar-refractivity contribution in [2.45, 2.75) is 32.4 Å². The third-order valence-corrected chi connectivity index (χ3v) is 3.26. The molecular weight excluding hydrogens is 202 g/mol. The third kappa shape index (κ3) is 5.73. The average Bonchev–Trinajstić information content (AvgIpc) is 2.11. The molecule has 0 aromatic heterocycles. The van der Waals surface area contributed by atoms with Crippen LogP contribution in [0.1, 0.15) is 26.3 Å². The molecule has 1 N–H and O–H groups in total. The van der Waals surface area contributed by atoms with E-state index in [1.165, 1.54) is 11.3 Å². The number of aryl methyl sites for hydroxylation is 1. The SMILES string of the molecule is Cc1cccc(NCCSC(C)(C)C)c1. The summed E-state index contributed by atoms with van der Waals surface area (Å²) in [5.41, 5.74) is 2.54. The number of rotatable bonds is 4. The summed E-state index contributed by atoms with van der Waals surface area (Å²) in [5, 5.41) is 3.44. The summed E-state index contributed by atoms with van der Waals surface area (Å²) in [4.78, 5) is 0. The van der Waals surface area contributed by atoms with Gasteiger partial charge in [-0.1, -0.05) is 32.9 Å². The zero-order valence-electron chi connectivity index (χ0n) is 10.1. The molecule has 0 atom stereocenters. The molecule has 2 heteroatoms. The predicted octanol–water partition coefficient (Wildman–Crippen LogP) is 3.94. The van der Waals surface area contributed by atoms with E-state index in [1.54, 1.807) is 0 Å². The van der Waals surface area contributed by atoms with Gasteiger partial charge in [-0.05, 0) is 24.6 Å². The van der Waals surface area contributed by atoms with Gasteiger partial charge in [0.05, 0.1) is 0 Å². The average molecular weight is 223 g/mol. The normalized spacial score (nSPS) is 11.5. The molecular formula is C13H21NS. The molecule has 0 saturated carbocycles. The molecule has 1 nitrogen and oxygen atoms in total. The van der Waals surface area contributed by atoms with E-state index in [4.69, 9.17) is 0 Å². The molecule has 0 aliphatic carbocycles. The topological polar surface area (TPSA) is 12.0 Å². The third-order valence-electron chi connectivity index (χ3n) is 1.98. The molecule has 15 heavy (non-hydrogen) atoms. The van der Waals surface area contributed by atoms with Crippen molar-refractivity contribution in [2.24, 2.45) is 0 Å². The highest BCUT2D eigenvalue weighted by Crippen LogP contribution is 2.22. The van der Waals surface area contributed by atoms with Crippen molar-refractivity contribution >= 4 is 17.4 Å². The Balaban J connectivity index is 2.26. The van der Waals surface area contributed by atoms with Crippen molar-refractivity contribution in [2.75, 3.05) is 17.6 Å². The van der Waals surface area contributed by atoms with Gasteiger partial charge in [0.1, 0.15) is 0 Å². The Hall–Kier alpha value is -0.630. The highest BCUT2D eigenvalue weighted by Gasteiger charge is 2.09. The van der Waals surface area contributed by atoms with Gasteiger partial charge in [0.25, 0.3) is 0 Å². The van der Waals surface area contributed by atoms with Crippen LogP contribution in [0.4, 0.5) is 5.69 Å². The van der Waals surface area contributed by atoms with E-state index < -0.39 is 0 Å². The van der Waals surface area contributed by atoms with Crippen LogP contribution in [0.2, 0.25) is 0 Å². The monoisotopic (exact) mass is 223 g/mol. The van der Waals surface area contributed by atoms with E-state index >= 15 is 0 Å². The molecule has 0 aliphatic heterocycles. The molecule has 0 spiro atoms. The van der Waals surface area contributed by atoms with Gasteiger partial charge in [0, 0.05) is 22.7 Å². The smallest absolute Gasteiger partial charge is 0.0343 e. The number of nitrogens with one attached hydrogen (secondary N) is 1. The minimum Gasteiger partial charge on any atom is -0.384 e. The number of thioether (sulfide) groups is 1. The number of hydrogen-bond donors (Lipinski definition) is 1. The van der Waals surface area contributed by atoms with E-state index in [0.717, 1.165) is 12.3 Å². The second-order valence-electron chi connectivity index (χ2n) is 4.76. The molecule has 0 aliphatic rings. The summed E-state index contributed by atoms with van der Waals surface area (Å²) in [7, 11) is 0. The Morgan fingerprint density at radius 1 is 1.27 bits per heavy atom. The van der Waals surface area contributed by atoms with Gasteiger partial charge in [0.2, 0.25) is 0 Å². The van der Waals surface area contributed by atoms with Crippen molar-refractivity contribution < 1.29 is 0 Å². The summed E-state index contributed by atoms with van der Waals surface area (Å²) in [6.45, 7) is 9.92. The molecule has 0 amide bonds.